The van der Waals surface area contributed by atoms with Crippen LogP contribution in [0.15, 0.2) is 0 Å². The van der Waals surface area contributed by atoms with Crippen LogP contribution in [0.4, 0.5) is 0 Å². The van der Waals surface area contributed by atoms with Crippen molar-refractivity contribution in [2.24, 2.45) is 0 Å². The summed E-state index contributed by atoms with van der Waals surface area (Å²) in [6.45, 7) is 0. The van der Waals surface area contributed by atoms with Crippen LogP contribution in [0.5, 0.6) is 0 Å². The van der Waals surface area contributed by atoms with Gasteiger partial charge in [0, 0.05) is 0 Å². The van der Waals surface area contributed by atoms with Crippen LogP contribution in [0.25, 0.3) is 0 Å². The Morgan fingerprint density at radius 3 is 1.00 bits per heavy atom. The van der Waals surface area contributed by atoms with Gasteiger partial charge < -0.3 is 13.5 Å². The van der Waals surface area contributed by atoms with E-state index in [1.54, 1.807) is 0 Å². The maximum atomic E-state index is 4.21. The zero-order valence-corrected chi connectivity index (χ0v) is 12.1. The molecule has 5 heteroatoms. The molecular formula is H2GeNa2S2. The summed E-state index contributed by atoms with van der Waals surface area (Å²) in [4.78, 5) is 0. The van der Waals surface area contributed by atoms with Gasteiger partial charge in [-0.15, -0.1) is 0 Å². The minimum absolute atomic E-state index is 0. The number of rotatable bonds is 0. The molecule has 0 rings (SSSR count). The summed E-state index contributed by atoms with van der Waals surface area (Å²) in [6.07, 6.45) is 0. The average molecular weight is 185 g/mol. The van der Waals surface area contributed by atoms with E-state index in [1.165, 1.54) is 0 Å². The van der Waals surface area contributed by atoms with Crippen molar-refractivity contribution in [2.75, 3.05) is 0 Å². The third-order valence-corrected chi connectivity index (χ3v) is 0. The Morgan fingerprint density at radius 2 is 1.00 bits per heavy atom. The standard InChI is InChI=1S/GeH2S.2Na.S/c1-2;;;/h1H2;;;/q;2*+1;-2. The van der Waals surface area contributed by atoms with Gasteiger partial charge in [0.1, 0.15) is 0 Å². The third-order valence-electron chi connectivity index (χ3n) is 0. The molecular weight excluding hydrogens is 183 g/mol. The third kappa shape index (κ3) is 19.2. The van der Waals surface area contributed by atoms with E-state index in [4.69, 9.17) is 0 Å². The number of hydrogen-bond acceptors (Lipinski definition) is 1. The summed E-state index contributed by atoms with van der Waals surface area (Å²) in [6, 6.07) is 0. The van der Waals surface area contributed by atoms with E-state index in [9.17, 15) is 0 Å². The fourth-order valence-electron chi connectivity index (χ4n) is 0. The molecule has 0 aromatic heterocycles. The van der Waals surface area contributed by atoms with E-state index in [0.29, 0.717) is 0 Å². The van der Waals surface area contributed by atoms with Crippen LogP contribution in [-0.2, 0) is 13.5 Å². The fourth-order valence-corrected chi connectivity index (χ4v) is 0. The molecule has 0 atom stereocenters. The Morgan fingerprint density at radius 1 is 1.00 bits per heavy atom. The van der Waals surface area contributed by atoms with Crippen molar-refractivity contribution in [1.82, 2.24) is 0 Å². The molecule has 0 saturated heterocycles. The van der Waals surface area contributed by atoms with Gasteiger partial charge in [0.05, 0.1) is 0 Å². The first-order valence-electron chi connectivity index (χ1n) is 0.289. The molecule has 20 valence electrons. The van der Waals surface area contributed by atoms with Crippen LogP contribution < -0.4 is 59.1 Å². The van der Waals surface area contributed by atoms with Gasteiger partial charge in [-0.3, -0.25) is 0 Å². The summed E-state index contributed by atoms with van der Waals surface area (Å²) < 4.78 is 0. The molecule has 0 amide bonds. The predicted octanol–water partition coefficient (Wildman–Crippen LogP) is -6.26. The fraction of sp³-hybridized carbons (Fsp3) is 0. The molecule has 0 unspecified atom stereocenters. The molecule has 0 aliphatic carbocycles. The molecule has 0 radical (unpaired) electrons. The SMILES string of the molecule is [Na+].[Na+].[S-2].[S]=[GeH2]. The Kier molecular flexibility index (Phi) is 133. The topological polar surface area (TPSA) is 0 Å². The Labute approximate surface area is 95.9 Å². The van der Waals surface area contributed by atoms with Gasteiger partial charge in [-0.25, -0.2) is 0 Å². The van der Waals surface area contributed by atoms with Crippen LogP contribution in [0.1, 0.15) is 0 Å². The molecule has 0 bridgehead atoms. The van der Waals surface area contributed by atoms with Crippen molar-refractivity contribution in [2.45, 2.75) is 0 Å². The van der Waals surface area contributed by atoms with Crippen LogP contribution in [0.3, 0.4) is 0 Å². The molecule has 0 fully saturated rings. The van der Waals surface area contributed by atoms with E-state index >= 15 is 0 Å². The first-order chi connectivity index (χ1) is 1.00. The van der Waals surface area contributed by atoms with Gasteiger partial charge in [0.15, 0.2) is 0 Å². The Hall–Kier alpha value is 3.11. The zero-order chi connectivity index (χ0) is 2.00. The molecule has 0 nitrogen and oxygen atoms in total. The molecule has 0 aromatic rings. The molecule has 0 spiro atoms. The monoisotopic (exact) mass is 186 g/mol. The van der Waals surface area contributed by atoms with E-state index in [0.717, 1.165) is 14.9 Å². The summed E-state index contributed by atoms with van der Waals surface area (Å²) in [7, 11) is 4.21. The van der Waals surface area contributed by atoms with Crippen molar-refractivity contribution in [3.63, 3.8) is 0 Å². The first-order valence-corrected chi connectivity index (χ1v) is 4.50. The van der Waals surface area contributed by atoms with Crippen molar-refractivity contribution in [3.8, 4) is 0 Å². The van der Waals surface area contributed by atoms with Gasteiger partial charge in [0.25, 0.3) is 0 Å². The second-order valence-corrected chi connectivity index (χ2v) is 0. The zero-order valence-electron chi connectivity index (χ0n) is 3.52. The second kappa shape index (κ2) is 27.4. The van der Waals surface area contributed by atoms with Gasteiger partial charge >= 0.3 is 84.4 Å². The molecule has 0 aromatic carbocycles. The molecule has 0 N–H and O–H groups in total. The van der Waals surface area contributed by atoms with Crippen molar-refractivity contribution in [1.29, 1.82) is 0 Å². The van der Waals surface area contributed by atoms with Crippen molar-refractivity contribution < 1.29 is 59.1 Å². The summed E-state index contributed by atoms with van der Waals surface area (Å²) in [5.74, 6) is 0. The second-order valence-electron chi connectivity index (χ2n) is 0. The van der Waals surface area contributed by atoms with Crippen LogP contribution in [-0.4, -0.2) is 14.9 Å². The summed E-state index contributed by atoms with van der Waals surface area (Å²) in [5.41, 5.74) is 0. The van der Waals surface area contributed by atoms with Crippen LogP contribution >= 0.6 is 10.5 Å². The molecule has 5 heavy (non-hydrogen) atoms. The molecule has 0 heterocycles. The minimum atomic E-state index is 0. The van der Waals surface area contributed by atoms with Crippen molar-refractivity contribution >= 4 is 38.8 Å². The Bertz CT molecular complexity index is 7.61. The van der Waals surface area contributed by atoms with E-state index < -0.39 is 0 Å². The normalized spacial score (nSPS) is 0.800. The van der Waals surface area contributed by atoms with Gasteiger partial charge in [0.2, 0.25) is 0 Å². The molecule has 0 aliphatic rings. The first kappa shape index (κ1) is 24.3. The summed E-state index contributed by atoms with van der Waals surface area (Å²) >= 11 is 0.958. The number of hydrogen-bond donors (Lipinski definition) is 0. The summed E-state index contributed by atoms with van der Waals surface area (Å²) in [5, 5.41) is 0. The predicted molar refractivity (Wildman–Crippen MR) is 23.5 cm³/mol. The van der Waals surface area contributed by atoms with E-state index in [1.807, 2.05) is 0 Å². The van der Waals surface area contributed by atoms with Crippen LogP contribution in [0, 0.1) is 0 Å². The van der Waals surface area contributed by atoms with Crippen LogP contribution in [0.2, 0.25) is 0 Å². The Balaban J connectivity index is -0.00000000167. The van der Waals surface area contributed by atoms with Gasteiger partial charge in [-0.05, 0) is 0 Å². The van der Waals surface area contributed by atoms with E-state index in [-0.39, 0.29) is 72.6 Å². The van der Waals surface area contributed by atoms with Gasteiger partial charge in [-0.2, -0.15) is 0 Å². The van der Waals surface area contributed by atoms with Crippen molar-refractivity contribution in [3.05, 3.63) is 0 Å². The molecule has 0 aliphatic heterocycles. The van der Waals surface area contributed by atoms with E-state index in [2.05, 4.69) is 10.5 Å². The quantitative estimate of drug-likeness (QED) is 0.338. The average Bonchev–Trinajstić information content (AvgIpc) is 1.00. The maximum absolute atomic E-state index is 4.21. The molecule has 0 saturated carbocycles. The van der Waals surface area contributed by atoms with Gasteiger partial charge in [-0.1, -0.05) is 0 Å².